The zero-order valence-electron chi connectivity index (χ0n) is 12.0. The van der Waals surface area contributed by atoms with Gasteiger partial charge in [0.05, 0.1) is 14.2 Å². The molecule has 0 aliphatic rings. The van der Waals surface area contributed by atoms with Crippen LogP contribution < -0.4 is 9.47 Å². The third kappa shape index (κ3) is 2.85. The molecule has 0 unspecified atom stereocenters. The first kappa shape index (κ1) is 15.7. The smallest absolute Gasteiger partial charge is 0.358 e. The van der Waals surface area contributed by atoms with Gasteiger partial charge in [-0.3, -0.25) is 0 Å². The Morgan fingerprint density at radius 2 is 1.82 bits per heavy atom. The van der Waals surface area contributed by atoms with Crippen LogP contribution in [0.1, 0.15) is 23.0 Å². The maximum Gasteiger partial charge on any atom is 0.358 e. The van der Waals surface area contributed by atoms with Gasteiger partial charge in [0.1, 0.15) is 0 Å². The fraction of sp³-hybridized carbons (Fsp3) is 0.286. The van der Waals surface area contributed by atoms with Gasteiger partial charge < -0.3 is 19.1 Å². The fourth-order valence-corrected chi connectivity index (χ4v) is 1.95. The molecule has 1 heterocycles. The van der Waals surface area contributed by atoms with Crippen LogP contribution in [0, 0.1) is 0 Å². The van der Waals surface area contributed by atoms with E-state index < -0.39 is 17.5 Å². The largest absolute Gasteiger partial charge is 0.493 e. The second-order valence-corrected chi connectivity index (χ2v) is 4.52. The Kier molecular flexibility index (Phi) is 4.03. The number of aromatic carboxylic acids is 1. The van der Waals surface area contributed by atoms with Gasteiger partial charge in [0.15, 0.2) is 23.0 Å². The van der Waals surface area contributed by atoms with Crippen LogP contribution in [0.3, 0.4) is 0 Å². The van der Waals surface area contributed by atoms with Crippen molar-refractivity contribution in [1.82, 2.24) is 5.16 Å². The first-order valence-electron chi connectivity index (χ1n) is 6.12. The number of methoxy groups -OCH3 is 2. The molecule has 22 heavy (non-hydrogen) atoms. The van der Waals surface area contributed by atoms with E-state index in [-0.39, 0.29) is 28.5 Å². The zero-order valence-corrected chi connectivity index (χ0v) is 12.0. The highest BCUT2D eigenvalue weighted by Crippen LogP contribution is 2.42. The van der Waals surface area contributed by atoms with Crippen molar-refractivity contribution in [3.8, 4) is 22.8 Å². The van der Waals surface area contributed by atoms with E-state index in [2.05, 4.69) is 5.16 Å². The summed E-state index contributed by atoms with van der Waals surface area (Å²) in [5.41, 5.74) is -0.793. The van der Waals surface area contributed by atoms with Gasteiger partial charge in [-0.2, -0.15) is 0 Å². The molecular weight excluding hydrogens is 300 g/mol. The van der Waals surface area contributed by atoms with E-state index in [0.29, 0.717) is 6.92 Å². The van der Waals surface area contributed by atoms with Gasteiger partial charge in [0.25, 0.3) is 5.92 Å². The SMILES string of the molecule is COc1cc(-c2cc(C(=O)O)no2)c(C(C)(F)F)cc1OC. The maximum atomic E-state index is 13.8. The summed E-state index contributed by atoms with van der Waals surface area (Å²) in [6, 6.07) is 3.48. The predicted molar refractivity (Wildman–Crippen MR) is 71.6 cm³/mol. The number of ether oxygens (including phenoxy) is 2. The summed E-state index contributed by atoms with van der Waals surface area (Å²) in [7, 11) is 2.68. The highest BCUT2D eigenvalue weighted by atomic mass is 19.3. The molecule has 1 N–H and O–H groups in total. The van der Waals surface area contributed by atoms with E-state index in [0.717, 1.165) is 12.1 Å². The molecule has 0 atom stereocenters. The lowest BCUT2D eigenvalue weighted by molar-refractivity contribution is 0.0176. The van der Waals surface area contributed by atoms with E-state index in [1.54, 1.807) is 0 Å². The third-order valence-electron chi connectivity index (χ3n) is 2.99. The highest BCUT2D eigenvalue weighted by Gasteiger charge is 2.31. The molecule has 0 bridgehead atoms. The lowest BCUT2D eigenvalue weighted by Gasteiger charge is -2.17. The molecule has 0 fully saturated rings. The Morgan fingerprint density at radius 1 is 1.23 bits per heavy atom. The molecule has 0 saturated carbocycles. The molecular formula is C14H13F2NO5. The van der Waals surface area contributed by atoms with Crippen molar-refractivity contribution in [3.63, 3.8) is 0 Å². The van der Waals surface area contributed by atoms with Gasteiger partial charge in [0.2, 0.25) is 0 Å². The molecule has 0 aliphatic heterocycles. The quantitative estimate of drug-likeness (QED) is 0.913. The van der Waals surface area contributed by atoms with Crippen molar-refractivity contribution in [2.75, 3.05) is 14.2 Å². The number of benzene rings is 1. The summed E-state index contributed by atoms with van der Waals surface area (Å²) in [5.74, 6) is -4.29. The summed E-state index contributed by atoms with van der Waals surface area (Å²) < 4.78 is 42.6. The second-order valence-electron chi connectivity index (χ2n) is 4.52. The summed E-state index contributed by atoms with van der Waals surface area (Å²) in [6.07, 6.45) is 0. The molecule has 0 aliphatic carbocycles. The number of carbonyl (C=O) groups is 1. The Labute approximate surface area is 124 Å². The Morgan fingerprint density at radius 3 is 2.27 bits per heavy atom. The summed E-state index contributed by atoms with van der Waals surface area (Å²) in [5, 5.41) is 12.2. The van der Waals surface area contributed by atoms with Gasteiger partial charge in [-0.15, -0.1) is 0 Å². The van der Waals surface area contributed by atoms with Crippen LogP contribution in [-0.2, 0) is 5.92 Å². The minimum absolute atomic E-state index is 0.0230. The lowest BCUT2D eigenvalue weighted by Crippen LogP contribution is -2.10. The van der Waals surface area contributed by atoms with E-state index >= 15 is 0 Å². The van der Waals surface area contributed by atoms with Crippen molar-refractivity contribution < 1.29 is 32.7 Å². The molecule has 1 aromatic carbocycles. The highest BCUT2D eigenvalue weighted by molar-refractivity contribution is 5.86. The maximum absolute atomic E-state index is 13.8. The van der Waals surface area contributed by atoms with Crippen molar-refractivity contribution in [1.29, 1.82) is 0 Å². The van der Waals surface area contributed by atoms with Gasteiger partial charge in [-0.25, -0.2) is 13.6 Å². The van der Waals surface area contributed by atoms with Crippen molar-refractivity contribution in [2.24, 2.45) is 0 Å². The first-order valence-corrected chi connectivity index (χ1v) is 6.12. The minimum atomic E-state index is -3.20. The van der Waals surface area contributed by atoms with Crippen LogP contribution >= 0.6 is 0 Å². The van der Waals surface area contributed by atoms with Crippen LogP contribution in [-0.4, -0.2) is 30.5 Å². The van der Waals surface area contributed by atoms with Crippen molar-refractivity contribution in [3.05, 3.63) is 29.5 Å². The molecule has 118 valence electrons. The molecule has 2 rings (SSSR count). The average Bonchev–Trinajstić information content (AvgIpc) is 2.94. The topological polar surface area (TPSA) is 81.8 Å². The van der Waals surface area contributed by atoms with Gasteiger partial charge in [0, 0.05) is 24.1 Å². The molecule has 0 spiro atoms. The van der Waals surface area contributed by atoms with Crippen molar-refractivity contribution >= 4 is 5.97 Å². The Hall–Kier alpha value is -2.64. The number of alkyl halides is 2. The number of hydrogen-bond acceptors (Lipinski definition) is 5. The van der Waals surface area contributed by atoms with Crippen LogP contribution in [0.5, 0.6) is 11.5 Å². The molecule has 8 heteroatoms. The zero-order chi connectivity index (χ0) is 16.5. The van der Waals surface area contributed by atoms with Crippen LogP contribution in [0.2, 0.25) is 0 Å². The molecule has 1 aromatic heterocycles. The third-order valence-corrected chi connectivity index (χ3v) is 2.99. The van der Waals surface area contributed by atoms with E-state index in [1.807, 2.05) is 0 Å². The van der Waals surface area contributed by atoms with E-state index in [4.69, 9.17) is 19.1 Å². The van der Waals surface area contributed by atoms with Gasteiger partial charge in [-0.1, -0.05) is 5.16 Å². The minimum Gasteiger partial charge on any atom is -0.493 e. The average molecular weight is 313 g/mol. The van der Waals surface area contributed by atoms with Crippen LogP contribution in [0.15, 0.2) is 22.7 Å². The number of nitrogens with zero attached hydrogens (tertiary/aromatic N) is 1. The Bertz CT molecular complexity index is 706. The number of carboxylic acids is 1. The molecule has 0 amide bonds. The predicted octanol–water partition coefficient (Wildman–Crippen LogP) is 3.17. The van der Waals surface area contributed by atoms with Crippen LogP contribution in [0.4, 0.5) is 8.78 Å². The molecule has 0 saturated heterocycles. The number of carboxylic acid groups (broad SMARTS) is 1. The van der Waals surface area contributed by atoms with Crippen molar-refractivity contribution in [2.45, 2.75) is 12.8 Å². The fourth-order valence-electron chi connectivity index (χ4n) is 1.95. The second kappa shape index (κ2) is 5.63. The molecule has 6 nitrogen and oxygen atoms in total. The normalized spacial score (nSPS) is 11.3. The standard InChI is InChI=1S/C14H13F2NO5/c1-14(15,16)8-5-12(21-3)11(20-2)4-7(8)10-6-9(13(18)19)17-22-10/h4-6H,1-3H3,(H,18,19). The number of rotatable bonds is 5. The van der Waals surface area contributed by atoms with Gasteiger partial charge >= 0.3 is 5.97 Å². The lowest BCUT2D eigenvalue weighted by atomic mass is 9.99. The Balaban J connectivity index is 2.68. The molecule has 2 aromatic rings. The summed E-state index contributed by atoms with van der Waals surface area (Å²) in [6.45, 7) is 0.715. The van der Waals surface area contributed by atoms with E-state index in [1.165, 1.54) is 20.3 Å². The summed E-state index contributed by atoms with van der Waals surface area (Å²) >= 11 is 0. The number of halogens is 2. The number of hydrogen-bond donors (Lipinski definition) is 1. The van der Waals surface area contributed by atoms with Crippen LogP contribution in [0.25, 0.3) is 11.3 Å². The van der Waals surface area contributed by atoms with E-state index in [9.17, 15) is 13.6 Å². The first-order chi connectivity index (χ1) is 10.3. The summed E-state index contributed by atoms with van der Waals surface area (Å²) in [4.78, 5) is 10.8. The monoisotopic (exact) mass is 313 g/mol. The molecule has 0 radical (unpaired) electrons. The van der Waals surface area contributed by atoms with Gasteiger partial charge in [-0.05, 0) is 12.1 Å². The number of aromatic nitrogens is 1.